The van der Waals surface area contributed by atoms with E-state index in [1.807, 2.05) is 19.2 Å². The van der Waals surface area contributed by atoms with Crippen LogP contribution < -0.4 is 16.6 Å². The molecule has 0 bridgehead atoms. The zero-order valence-corrected chi connectivity index (χ0v) is 23.3. The molecule has 2 aliphatic rings. The van der Waals surface area contributed by atoms with Gasteiger partial charge in [-0.3, -0.25) is 14.3 Å². The van der Waals surface area contributed by atoms with E-state index in [1.165, 1.54) is 6.42 Å². The number of fused-ring (bicyclic) bond motifs is 1. The molecule has 6 rings (SSSR count). The van der Waals surface area contributed by atoms with Gasteiger partial charge in [0, 0.05) is 23.1 Å². The predicted molar refractivity (Wildman–Crippen MR) is 160 cm³/mol. The van der Waals surface area contributed by atoms with Gasteiger partial charge in [0.15, 0.2) is 17.3 Å². The normalized spacial score (nSPS) is 15.9. The molecule has 4 heterocycles. The molecule has 0 amide bonds. The highest BCUT2D eigenvalue weighted by Gasteiger charge is 2.32. The summed E-state index contributed by atoms with van der Waals surface area (Å²) in [6, 6.07) is 4.01. The summed E-state index contributed by atoms with van der Waals surface area (Å²) < 4.78 is 1.80. The van der Waals surface area contributed by atoms with Crippen LogP contribution in [0.25, 0.3) is 22.6 Å². The zero-order chi connectivity index (χ0) is 27.1. The van der Waals surface area contributed by atoms with E-state index in [9.17, 15) is 4.79 Å². The van der Waals surface area contributed by atoms with Crippen molar-refractivity contribution in [2.45, 2.75) is 83.7 Å². The fourth-order valence-corrected chi connectivity index (χ4v) is 5.86. The molecule has 0 unspecified atom stereocenters. The molecule has 2 fully saturated rings. The average Bonchev–Trinajstić information content (AvgIpc) is 3.72. The van der Waals surface area contributed by atoms with Gasteiger partial charge in [0.2, 0.25) is 5.95 Å². The fraction of sp³-hybridized carbons (Fsp3) is 0.483. The van der Waals surface area contributed by atoms with Gasteiger partial charge in [0.05, 0.1) is 35.4 Å². The number of hydrogen-bond acceptors (Lipinski definition) is 10. The van der Waals surface area contributed by atoms with Crippen LogP contribution in [0.3, 0.4) is 0 Å². The van der Waals surface area contributed by atoms with E-state index in [0.717, 1.165) is 59.0 Å². The van der Waals surface area contributed by atoms with Crippen LogP contribution in [0.1, 0.15) is 82.4 Å². The van der Waals surface area contributed by atoms with E-state index in [1.54, 1.807) is 22.5 Å². The fourth-order valence-electron chi connectivity index (χ4n) is 5.24. The van der Waals surface area contributed by atoms with E-state index in [4.69, 9.17) is 10.7 Å². The van der Waals surface area contributed by atoms with Crippen molar-refractivity contribution in [3.63, 3.8) is 0 Å². The third-order valence-electron chi connectivity index (χ3n) is 7.74. The molecular weight excluding hydrogens is 522 g/mol. The number of nitrogens with one attached hydrogen (secondary N) is 1. The second-order valence-corrected chi connectivity index (χ2v) is 11.8. The monoisotopic (exact) mass is 559 g/mol. The zero-order valence-electron chi connectivity index (χ0n) is 22.5. The van der Waals surface area contributed by atoms with Crippen molar-refractivity contribution >= 4 is 34.7 Å². The molecule has 4 aromatic heterocycles. The second kappa shape index (κ2) is 11.5. The average molecular weight is 560 g/mol. The van der Waals surface area contributed by atoms with Gasteiger partial charge >= 0.3 is 0 Å². The van der Waals surface area contributed by atoms with Gasteiger partial charge in [-0.25, -0.2) is 24.9 Å². The standard InChI is InChI=1S/C28H33N9OS.CH4/c1-4-39-20-11-10-19(30-13-20)12-31-25-27(38)37(16(3)17-6-5-7-17)26-21(34-25)14-32-24(36-26)22-15(2)33-28(29)35-23(22)18-8-9-18;/h10-11,13-14,16-18H,4-9,12H2,1-3H3,(H,31,34)(H2,29,33,35);1H4/t16-;/m1./s1. The highest BCUT2D eigenvalue weighted by atomic mass is 32.2. The van der Waals surface area contributed by atoms with Crippen LogP contribution in [0.4, 0.5) is 11.8 Å². The first-order chi connectivity index (χ1) is 18.9. The largest absolute Gasteiger partial charge is 0.368 e. The van der Waals surface area contributed by atoms with Crippen molar-refractivity contribution in [3.8, 4) is 11.4 Å². The minimum atomic E-state index is -0.183. The van der Waals surface area contributed by atoms with Crippen molar-refractivity contribution in [1.29, 1.82) is 0 Å². The maximum atomic E-state index is 13.9. The molecule has 0 radical (unpaired) electrons. The third kappa shape index (κ3) is 5.39. The number of nitrogens with zero attached hydrogens (tertiary/aromatic N) is 7. The number of thioether (sulfide) groups is 1. The quantitative estimate of drug-likeness (QED) is 0.252. The van der Waals surface area contributed by atoms with Crippen LogP contribution in [-0.4, -0.2) is 40.2 Å². The molecule has 40 heavy (non-hydrogen) atoms. The van der Waals surface area contributed by atoms with Crippen LogP contribution >= 0.6 is 11.8 Å². The highest BCUT2D eigenvalue weighted by Crippen LogP contribution is 2.44. The highest BCUT2D eigenvalue weighted by molar-refractivity contribution is 7.99. The van der Waals surface area contributed by atoms with E-state index in [2.05, 4.69) is 50.2 Å². The number of nitrogens with two attached hydrogens (primary N) is 1. The summed E-state index contributed by atoms with van der Waals surface area (Å²) in [6.07, 6.45) is 9.07. The molecule has 0 saturated heterocycles. The molecule has 11 heteroatoms. The molecule has 1 atom stereocenters. The Labute approximate surface area is 238 Å². The summed E-state index contributed by atoms with van der Waals surface area (Å²) in [6.45, 7) is 6.53. The SMILES string of the molecule is C.CCSc1ccc(CNc2nc3cnc(-c4c(C)nc(N)nc4C4CC4)nc3n([C@H](C)C3CCC3)c2=O)nc1. The smallest absolute Gasteiger partial charge is 0.295 e. The van der Waals surface area contributed by atoms with Gasteiger partial charge in [-0.1, -0.05) is 20.8 Å². The van der Waals surface area contributed by atoms with E-state index < -0.39 is 0 Å². The first-order valence-electron chi connectivity index (χ1n) is 13.7. The lowest BCUT2D eigenvalue weighted by Gasteiger charge is -2.33. The van der Waals surface area contributed by atoms with Gasteiger partial charge < -0.3 is 11.1 Å². The van der Waals surface area contributed by atoms with Crippen molar-refractivity contribution in [1.82, 2.24) is 34.5 Å². The number of aromatic nitrogens is 7. The van der Waals surface area contributed by atoms with Gasteiger partial charge in [-0.15, -0.1) is 11.8 Å². The Hall–Kier alpha value is -3.60. The molecular formula is C29H37N9OS. The molecule has 2 aliphatic carbocycles. The molecule has 0 spiro atoms. The predicted octanol–water partition coefficient (Wildman–Crippen LogP) is 5.53. The van der Waals surface area contributed by atoms with Gasteiger partial charge in [0.1, 0.15) is 5.52 Å². The summed E-state index contributed by atoms with van der Waals surface area (Å²) in [7, 11) is 0. The minimum absolute atomic E-state index is 0. The molecule has 10 nitrogen and oxygen atoms in total. The Morgan fingerprint density at radius 1 is 1.10 bits per heavy atom. The van der Waals surface area contributed by atoms with Crippen LogP contribution in [0, 0.1) is 12.8 Å². The summed E-state index contributed by atoms with van der Waals surface area (Å²) in [4.78, 5) is 42.8. The lowest BCUT2D eigenvalue weighted by molar-refractivity contribution is 0.222. The molecule has 3 N–H and O–H groups in total. The Morgan fingerprint density at radius 2 is 1.90 bits per heavy atom. The van der Waals surface area contributed by atoms with Crippen LogP contribution in [0.15, 0.2) is 34.2 Å². The summed E-state index contributed by atoms with van der Waals surface area (Å²) in [5, 5.41) is 3.23. The summed E-state index contributed by atoms with van der Waals surface area (Å²) in [5.74, 6) is 2.81. The van der Waals surface area contributed by atoms with Crippen molar-refractivity contribution in [2.24, 2.45) is 5.92 Å². The first kappa shape index (κ1) is 27.9. The minimum Gasteiger partial charge on any atom is -0.368 e. The van der Waals surface area contributed by atoms with Crippen LogP contribution in [0.2, 0.25) is 0 Å². The molecule has 0 aromatic carbocycles. The van der Waals surface area contributed by atoms with Crippen LogP contribution in [0.5, 0.6) is 0 Å². The van der Waals surface area contributed by atoms with E-state index >= 15 is 0 Å². The third-order valence-corrected chi connectivity index (χ3v) is 8.60. The molecule has 0 aliphatic heterocycles. The van der Waals surface area contributed by atoms with Crippen molar-refractivity contribution in [3.05, 3.63) is 52.0 Å². The van der Waals surface area contributed by atoms with Gasteiger partial charge in [-0.2, -0.15) is 0 Å². The summed E-state index contributed by atoms with van der Waals surface area (Å²) in [5.41, 5.74) is 10.2. The maximum absolute atomic E-state index is 13.9. The number of anilines is 2. The Balaban J connectivity index is 0.00000323. The van der Waals surface area contributed by atoms with Crippen molar-refractivity contribution < 1.29 is 0 Å². The second-order valence-electron chi connectivity index (χ2n) is 10.4. The van der Waals surface area contributed by atoms with Gasteiger partial charge in [-0.05, 0) is 63.3 Å². The topological polar surface area (TPSA) is 137 Å². The van der Waals surface area contributed by atoms with E-state index in [-0.39, 0.29) is 30.8 Å². The van der Waals surface area contributed by atoms with Gasteiger partial charge in [0.25, 0.3) is 5.56 Å². The Morgan fingerprint density at radius 3 is 2.55 bits per heavy atom. The lowest BCUT2D eigenvalue weighted by Crippen LogP contribution is -2.33. The number of hydrogen-bond donors (Lipinski definition) is 2. The molecule has 210 valence electrons. The Bertz CT molecular complexity index is 1580. The number of rotatable bonds is 9. The van der Waals surface area contributed by atoms with Crippen molar-refractivity contribution in [2.75, 3.05) is 16.8 Å². The van der Waals surface area contributed by atoms with Crippen LogP contribution in [-0.2, 0) is 6.54 Å². The molecule has 4 aromatic rings. The molecule has 2 saturated carbocycles. The number of aryl methyl sites for hydroxylation is 1. The maximum Gasteiger partial charge on any atom is 0.295 e. The number of pyridine rings is 1. The van der Waals surface area contributed by atoms with E-state index in [0.29, 0.717) is 35.4 Å². The lowest BCUT2D eigenvalue weighted by atomic mass is 9.80. The number of nitrogen functional groups attached to an aromatic ring is 1. The Kier molecular flexibility index (Phi) is 8.02. The summed E-state index contributed by atoms with van der Waals surface area (Å²) >= 11 is 1.75. The first-order valence-corrected chi connectivity index (χ1v) is 14.7.